The van der Waals surface area contributed by atoms with E-state index >= 15 is 4.39 Å². The Balaban J connectivity index is 1.47. The van der Waals surface area contributed by atoms with Gasteiger partial charge in [0.15, 0.2) is 0 Å². The van der Waals surface area contributed by atoms with Gasteiger partial charge in [0.05, 0.1) is 5.39 Å². The molecule has 2 aliphatic rings. The maximum absolute atomic E-state index is 15.5. The van der Waals surface area contributed by atoms with Crippen LogP contribution in [0, 0.1) is 29.4 Å². The quantitative estimate of drug-likeness (QED) is 0.293. The number of allylic oxidation sites excluding steroid dienone is 1. The molecule has 0 radical (unpaired) electrons. The van der Waals surface area contributed by atoms with Crippen LogP contribution in [0.5, 0.6) is 0 Å². The minimum Gasteiger partial charge on any atom is -0.206 e. The fraction of sp³-hybridized carbons (Fsp3) is 0.586. The maximum atomic E-state index is 15.5. The van der Waals surface area contributed by atoms with Gasteiger partial charge in [0.25, 0.3) is 0 Å². The van der Waals surface area contributed by atoms with Gasteiger partial charge in [0.2, 0.25) is 0 Å². The predicted molar refractivity (Wildman–Crippen MR) is 127 cm³/mol. The van der Waals surface area contributed by atoms with Crippen molar-refractivity contribution in [2.75, 3.05) is 0 Å². The molecule has 0 amide bonds. The Kier molecular flexibility index (Phi) is 7.46. The summed E-state index contributed by atoms with van der Waals surface area (Å²) >= 11 is 0. The third-order valence-electron chi connectivity index (χ3n) is 8.11. The first-order valence-corrected chi connectivity index (χ1v) is 12.6. The first kappa shape index (κ1) is 22.5. The van der Waals surface area contributed by atoms with Crippen LogP contribution in [-0.4, -0.2) is 0 Å². The van der Waals surface area contributed by atoms with Crippen molar-refractivity contribution in [1.29, 1.82) is 0 Å². The molecule has 31 heavy (non-hydrogen) atoms. The van der Waals surface area contributed by atoms with Crippen molar-refractivity contribution in [3.05, 3.63) is 59.7 Å². The van der Waals surface area contributed by atoms with E-state index in [0.717, 1.165) is 54.6 Å². The summed E-state index contributed by atoms with van der Waals surface area (Å²) in [7, 11) is 0. The van der Waals surface area contributed by atoms with E-state index in [-0.39, 0.29) is 17.1 Å². The minimum absolute atomic E-state index is 0.182. The molecule has 4 atom stereocenters. The standard InChI is InChI=1S/C29H38F2/c1-3-5-7-9-20-10-11-23-19-24(13-12-22(23)16-20)26-15-14-25-17-21(8-6-4-2)18-27(30)28(25)29(26)31/h4,14-15,17-18,20,22-24H,2-3,5-13,16,19H2,1H3/t20?,22-,23?,24-/m1/s1. The summed E-state index contributed by atoms with van der Waals surface area (Å²) in [6, 6.07) is 7.32. The van der Waals surface area contributed by atoms with Crippen molar-refractivity contribution >= 4 is 10.8 Å². The molecule has 2 aliphatic carbocycles. The lowest BCUT2D eigenvalue weighted by atomic mass is 9.63. The number of unbranched alkanes of at least 4 members (excludes halogenated alkanes) is 2. The minimum atomic E-state index is -0.419. The summed E-state index contributed by atoms with van der Waals surface area (Å²) < 4.78 is 30.4. The molecule has 2 aromatic carbocycles. The highest BCUT2D eigenvalue weighted by Crippen LogP contribution is 2.49. The van der Waals surface area contributed by atoms with Gasteiger partial charge in [-0.3, -0.25) is 0 Å². The normalized spacial score (nSPS) is 26.0. The maximum Gasteiger partial charge on any atom is 0.137 e. The molecular weight excluding hydrogens is 386 g/mol. The number of aryl methyl sites for hydroxylation is 1. The molecule has 2 fully saturated rings. The van der Waals surface area contributed by atoms with Crippen LogP contribution in [0.2, 0.25) is 0 Å². The SMILES string of the molecule is C=CCCc1cc(F)c2c(F)c([C@@H]3CC[C@@H]4CC(CCCCC)CCC4C3)ccc2c1. The van der Waals surface area contributed by atoms with Crippen LogP contribution >= 0.6 is 0 Å². The van der Waals surface area contributed by atoms with Crippen LogP contribution in [0.15, 0.2) is 36.9 Å². The molecule has 2 unspecified atom stereocenters. The van der Waals surface area contributed by atoms with Crippen LogP contribution in [-0.2, 0) is 6.42 Å². The van der Waals surface area contributed by atoms with E-state index in [1.165, 1.54) is 57.4 Å². The van der Waals surface area contributed by atoms with Gasteiger partial charge in [0, 0.05) is 0 Å². The lowest BCUT2D eigenvalue weighted by Gasteiger charge is -2.42. The van der Waals surface area contributed by atoms with Crippen LogP contribution < -0.4 is 0 Å². The van der Waals surface area contributed by atoms with Crippen molar-refractivity contribution in [3.8, 4) is 0 Å². The second-order valence-electron chi connectivity index (χ2n) is 10.2. The van der Waals surface area contributed by atoms with Crippen molar-refractivity contribution in [3.63, 3.8) is 0 Å². The van der Waals surface area contributed by atoms with Gasteiger partial charge >= 0.3 is 0 Å². The highest BCUT2D eigenvalue weighted by Gasteiger charge is 2.36. The van der Waals surface area contributed by atoms with Crippen molar-refractivity contribution in [2.45, 2.75) is 89.9 Å². The van der Waals surface area contributed by atoms with E-state index in [1.54, 1.807) is 0 Å². The molecule has 2 aromatic rings. The monoisotopic (exact) mass is 424 g/mol. The summed E-state index contributed by atoms with van der Waals surface area (Å²) in [6.45, 7) is 6.01. The number of hydrogen-bond donors (Lipinski definition) is 0. The van der Waals surface area contributed by atoms with E-state index in [4.69, 9.17) is 0 Å². The summed E-state index contributed by atoms with van der Waals surface area (Å²) in [6.07, 6.45) is 16.2. The molecule has 0 aliphatic heterocycles. The largest absolute Gasteiger partial charge is 0.206 e. The summed E-state index contributed by atoms with van der Waals surface area (Å²) in [4.78, 5) is 0. The lowest BCUT2D eigenvalue weighted by Crippen LogP contribution is -2.30. The second kappa shape index (κ2) is 10.3. The molecule has 2 saturated carbocycles. The smallest absolute Gasteiger partial charge is 0.137 e. The molecule has 0 aromatic heterocycles. The highest BCUT2D eigenvalue weighted by molar-refractivity contribution is 5.85. The topological polar surface area (TPSA) is 0 Å². The Morgan fingerprint density at radius 2 is 1.81 bits per heavy atom. The van der Waals surface area contributed by atoms with Crippen molar-refractivity contribution in [2.24, 2.45) is 17.8 Å². The van der Waals surface area contributed by atoms with Gasteiger partial charge in [-0.2, -0.15) is 0 Å². The molecule has 0 N–H and O–H groups in total. The van der Waals surface area contributed by atoms with E-state index in [1.807, 2.05) is 24.3 Å². The van der Waals surface area contributed by atoms with Gasteiger partial charge in [-0.1, -0.05) is 63.3 Å². The number of rotatable bonds is 8. The summed E-state index contributed by atoms with van der Waals surface area (Å²) in [5, 5.41) is 0.864. The second-order valence-corrected chi connectivity index (χ2v) is 10.2. The summed E-state index contributed by atoms with van der Waals surface area (Å²) in [5.41, 5.74) is 1.65. The van der Waals surface area contributed by atoms with Crippen molar-refractivity contribution < 1.29 is 8.78 Å². The average molecular weight is 425 g/mol. The zero-order chi connectivity index (χ0) is 21.8. The van der Waals surface area contributed by atoms with Crippen molar-refractivity contribution in [1.82, 2.24) is 0 Å². The number of halogens is 2. The first-order chi connectivity index (χ1) is 15.1. The van der Waals surface area contributed by atoms with Crippen LogP contribution in [0.1, 0.15) is 94.6 Å². The zero-order valence-corrected chi connectivity index (χ0v) is 19.1. The molecule has 0 nitrogen and oxygen atoms in total. The van der Waals surface area contributed by atoms with E-state index in [0.29, 0.717) is 5.39 Å². The molecule has 0 saturated heterocycles. The van der Waals surface area contributed by atoms with Gasteiger partial charge in [0.1, 0.15) is 11.6 Å². The molecular formula is C29H38F2. The van der Waals surface area contributed by atoms with Crippen LogP contribution in [0.25, 0.3) is 10.8 Å². The van der Waals surface area contributed by atoms with E-state index in [2.05, 4.69) is 13.5 Å². The molecule has 0 heterocycles. The van der Waals surface area contributed by atoms with E-state index < -0.39 is 5.82 Å². The molecule has 0 bridgehead atoms. The van der Waals surface area contributed by atoms with Crippen LogP contribution in [0.4, 0.5) is 8.78 Å². The summed E-state index contributed by atoms with van der Waals surface area (Å²) in [5.74, 6) is 1.96. The fourth-order valence-electron chi connectivity index (χ4n) is 6.39. The highest BCUT2D eigenvalue weighted by atomic mass is 19.1. The Bertz CT molecular complexity index is 899. The molecule has 168 valence electrons. The zero-order valence-electron chi connectivity index (χ0n) is 19.1. The third-order valence-corrected chi connectivity index (χ3v) is 8.11. The third kappa shape index (κ3) is 5.04. The molecule has 0 spiro atoms. The Morgan fingerprint density at radius 1 is 1.00 bits per heavy atom. The first-order valence-electron chi connectivity index (χ1n) is 12.6. The van der Waals surface area contributed by atoms with Gasteiger partial charge in [-0.15, -0.1) is 6.58 Å². The molecule has 4 rings (SSSR count). The number of hydrogen-bond acceptors (Lipinski definition) is 0. The Hall–Kier alpha value is -1.70. The van der Waals surface area contributed by atoms with Gasteiger partial charge in [-0.05, 0) is 91.2 Å². The average Bonchev–Trinajstić information content (AvgIpc) is 2.77. The van der Waals surface area contributed by atoms with E-state index in [9.17, 15) is 4.39 Å². The molecule has 2 heteroatoms. The Labute approximate surface area is 187 Å². The number of benzene rings is 2. The predicted octanol–water partition coefficient (Wildman–Crippen LogP) is 9.12. The lowest BCUT2D eigenvalue weighted by molar-refractivity contribution is 0.112. The fourth-order valence-corrected chi connectivity index (χ4v) is 6.39. The van der Waals surface area contributed by atoms with Gasteiger partial charge in [-0.25, -0.2) is 8.78 Å². The van der Waals surface area contributed by atoms with Crippen LogP contribution in [0.3, 0.4) is 0 Å². The number of fused-ring (bicyclic) bond motifs is 2. The van der Waals surface area contributed by atoms with Gasteiger partial charge < -0.3 is 0 Å². The Morgan fingerprint density at radius 3 is 2.61 bits per heavy atom.